The Hall–Kier alpha value is -4.59. The molecule has 2 N–H and O–H groups in total. The minimum atomic E-state index is -0.974. The quantitative estimate of drug-likeness (QED) is 0.355. The highest BCUT2D eigenvalue weighted by atomic mass is 16.3. The molecule has 1 atom stereocenters. The average Bonchev–Trinajstić information content (AvgIpc) is 3.16. The van der Waals surface area contributed by atoms with E-state index >= 15 is 0 Å². The molecular weight excluding hydrogens is 430 g/mol. The predicted molar refractivity (Wildman–Crippen MR) is 130 cm³/mol. The molecule has 0 aliphatic heterocycles. The molecule has 0 unspecified atom stereocenters. The van der Waals surface area contributed by atoms with E-state index < -0.39 is 11.9 Å². The van der Waals surface area contributed by atoms with Crippen LogP contribution in [-0.4, -0.2) is 25.5 Å². The number of hydrogen-bond acceptors (Lipinski definition) is 5. The van der Waals surface area contributed by atoms with Crippen molar-refractivity contribution < 1.29 is 9.90 Å². The number of aromatic hydroxyl groups is 1. The summed E-state index contributed by atoms with van der Waals surface area (Å²) >= 11 is 0. The molecule has 3 aromatic carbocycles. The normalized spacial score (nSPS) is 12.5. The highest BCUT2D eigenvalue weighted by Gasteiger charge is 2.23. The number of para-hydroxylation sites is 1. The van der Waals surface area contributed by atoms with Gasteiger partial charge in [-0.1, -0.05) is 54.1 Å². The van der Waals surface area contributed by atoms with Crippen molar-refractivity contribution in [2.24, 2.45) is 10.2 Å². The maximum absolute atomic E-state index is 13.4. The zero-order valence-corrected chi connectivity index (χ0v) is 18.6. The fourth-order valence-corrected chi connectivity index (χ4v) is 3.97. The van der Waals surface area contributed by atoms with Gasteiger partial charge in [-0.15, -0.1) is 10.2 Å². The summed E-state index contributed by atoms with van der Waals surface area (Å²) in [5.41, 5.74) is 2.73. The van der Waals surface area contributed by atoms with E-state index in [1.165, 1.54) is 4.57 Å². The van der Waals surface area contributed by atoms with Crippen LogP contribution < -0.4 is 5.56 Å². The molecule has 2 aromatic heterocycles. The van der Waals surface area contributed by atoms with Gasteiger partial charge in [0, 0.05) is 10.9 Å². The van der Waals surface area contributed by atoms with E-state index in [1.54, 1.807) is 25.1 Å². The highest BCUT2D eigenvalue weighted by Crippen LogP contribution is 2.36. The van der Waals surface area contributed by atoms with Gasteiger partial charge in [-0.25, -0.2) is 4.98 Å². The highest BCUT2D eigenvalue weighted by molar-refractivity contribution is 5.95. The molecule has 0 spiro atoms. The summed E-state index contributed by atoms with van der Waals surface area (Å²) in [6.45, 7) is 3.51. The third kappa shape index (κ3) is 3.65. The summed E-state index contributed by atoms with van der Waals surface area (Å²) in [6, 6.07) is 20.8. The average molecular weight is 451 g/mol. The fourth-order valence-electron chi connectivity index (χ4n) is 3.97. The van der Waals surface area contributed by atoms with Gasteiger partial charge >= 0.3 is 0 Å². The Kier molecular flexibility index (Phi) is 5.25. The predicted octanol–water partition coefficient (Wildman–Crippen LogP) is 5.43. The summed E-state index contributed by atoms with van der Waals surface area (Å²) in [5, 5.41) is 19.2. The third-order valence-corrected chi connectivity index (χ3v) is 5.74. The molecule has 168 valence electrons. The van der Waals surface area contributed by atoms with Gasteiger partial charge in [0.1, 0.15) is 11.9 Å². The van der Waals surface area contributed by atoms with Crippen LogP contribution in [0.3, 0.4) is 0 Å². The van der Waals surface area contributed by atoms with Crippen LogP contribution in [0.1, 0.15) is 18.5 Å². The molecule has 0 bridgehead atoms. The lowest BCUT2D eigenvalue weighted by atomic mass is 10.1. The van der Waals surface area contributed by atoms with Crippen LogP contribution in [0.25, 0.3) is 33.2 Å². The van der Waals surface area contributed by atoms with Crippen molar-refractivity contribution in [3.63, 3.8) is 0 Å². The Balaban J connectivity index is 1.60. The fraction of sp³-hybridized carbons (Fsp3) is 0.115. The molecule has 2 heterocycles. The largest absolute Gasteiger partial charge is 0.493 e. The van der Waals surface area contributed by atoms with Crippen molar-refractivity contribution >= 4 is 33.4 Å². The first-order valence-corrected chi connectivity index (χ1v) is 10.8. The number of azo groups is 1. The second-order valence-corrected chi connectivity index (χ2v) is 8.08. The van der Waals surface area contributed by atoms with Crippen molar-refractivity contribution in [2.45, 2.75) is 19.9 Å². The minimum absolute atomic E-state index is 0.173. The number of fused-ring (bicyclic) bond motifs is 2. The van der Waals surface area contributed by atoms with Gasteiger partial charge < -0.3 is 10.1 Å². The standard InChI is InChI=1S/C26H21N5O3/c1-15-12-13-21-19(14-15)22(25(33)28-21)29-30-24(32)16(2)31-23(17-8-4-3-5-9-17)27-20-11-7-6-10-18(20)26(31)34/h3-14,16,28,33H,1-2H3/t16-/m0/s1. The molecule has 0 aliphatic rings. The Labute approximate surface area is 194 Å². The third-order valence-electron chi connectivity index (χ3n) is 5.74. The summed E-state index contributed by atoms with van der Waals surface area (Å²) in [4.78, 5) is 34.0. The molecule has 8 nitrogen and oxygen atoms in total. The van der Waals surface area contributed by atoms with Crippen LogP contribution in [0.5, 0.6) is 5.88 Å². The van der Waals surface area contributed by atoms with E-state index in [1.807, 2.05) is 61.5 Å². The topological polar surface area (TPSA) is 113 Å². The van der Waals surface area contributed by atoms with Gasteiger partial charge in [0.15, 0.2) is 5.69 Å². The zero-order chi connectivity index (χ0) is 23.8. The number of aryl methyl sites for hydroxylation is 1. The SMILES string of the molecule is Cc1ccc2[nH]c(O)c(N=NC(=O)[C@H](C)n3c(-c4ccccc4)nc4ccccc4c3=O)c2c1. The number of rotatable bonds is 4. The monoisotopic (exact) mass is 451 g/mol. The molecule has 8 heteroatoms. The Morgan fingerprint density at radius 1 is 1.03 bits per heavy atom. The van der Waals surface area contributed by atoms with Crippen molar-refractivity contribution in [2.75, 3.05) is 0 Å². The molecule has 0 saturated heterocycles. The van der Waals surface area contributed by atoms with Gasteiger partial charge in [0.25, 0.3) is 11.5 Å². The second-order valence-electron chi connectivity index (χ2n) is 8.08. The van der Waals surface area contributed by atoms with E-state index in [9.17, 15) is 14.7 Å². The molecule has 0 aliphatic carbocycles. The summed E-state index contributed by atoms with van der Waals surface area (Å²) < 4.78 is 1.35. The smallest absolute Gasteiger partial charge is 0.287 e. The van der Waals surface area contributed by atoms with E-state index in [0.717, 1.165) is 5.56 Å². The van der Waals surface area contributed by atoms with E-state index in [-0.39, 0.29) is 17.1 Å². The van der Waals surface area contributed by atoms with Gasteiger partial charge in [0.05, 0.1) is 16.4 Å². The minimum Gasteiger partial charge on any atom is -0.493 e. The van der Waals surface area contributed by atoms with Crippen LogP contribution >= 0.6 is 0 Å². The molecule has 5 aromatic rings. The number of amides is 1. The van der Waals surface area contributed by atoms with Crippen LogP contribution in [-0.2, 0) is 4.79 Å². The van der Waals surface area contributed by atoms with Crippen molar-refractivity contribution in [1.29, 1.82) is 0 Å². The van der Waals surface area contributed by atoms with Crippen LogP contribution in [0.15, 0.2) is 87.8 Å². The first-order valence-electron chi connectivity index (χ1n) is 10.8. The van der Waals surface area contributed by atoms with E-state index in [0.29, 0.717) is 33.2 Å². The maximum atomic E-state index is 13.4. The lowest BCUT2D eigenvalue weighted by molar-refractivity contribution is -0.121. The van der Waals surface area contributed by atoms with Gasteiger partial charge in [-0.2, -0.15) is 0 Å². The summed E-state index contributed by atoms with van der Waals surface area (Å²) in [5.74, 6) is -0.456. The number of aromatic nitrogens is 3. The molecule has 0 fully saturated rings. The molecule has 34 heavy (non-hydrogen) atoms. The Morgan fingerprint density at radius 3 is 2.56 bits per heavy atom. The summed E-state index contributed by atoms with van der Waals surface area (Å²) in [6.07, 6.45) is 0. The van der Waals surface area contributed by atoms with Crippen LogP contribution in [0.4, 0.5) is 5.69 Å². The number of nitrogens with one attached hydrogen (secondary N) is 1. The van der Waals surface area contributed by atoms with Gasteiger partial charge in [-0.05, 0) is 38.1 Å². The molecular formula is C26H21N5O3. The zero-order valence-electron chi connectivity index (χ0n) is 18.6. The molecule has 0 radical (unpaired) electrons. The van der Waals surface area contributed by atoms with Gasteiger partial charge in [0.2, 0.25) is 5.88 Å². The number of carbonyl (C=O) groups is 1. The van der Waals surface area contributed by atoms with Crippen LogP contribution in [0, 0.1) is 6.92 Å². The van der Waals surface area contributed by atoms with E-state index in [4.69, 9.17) is 0 Å². The first-order chi connectivity index (χ1) is 16.4. The Bertz CT molecular complexity index is 1630. The number of H-pyrrole nitrogens is 1. The number of nitrogens with zero attached hydrogens (tertiary/aromatic N) is 4. The molecule has 5 rings (SSSR count). The number of benzene rings is 3. The maximum Gasteiger partial charge on any atom is 0.287 e. The molecule has 1 amide bonds. The van der Waals surface area contributed by atoms with E-state index in [2.05, 4.69) is 20.2 Å². The van der Waals surface area contributed by atoms with Gasteiger partial charge in [-0.3, -0.25) is 14.2 Å². The lowest BCUT2D eigenvalue weighted by Gasteiger charge is -2.17. The summed E-state index contributed by atoms with van der Waals surface area (Å²) in [7, 11) is 0. The van der Waals surface area contributed by atoms with Crippen molar-refractivity contribution in [1.82, 2.24) is 14.5 Å². The molecule has 0 saturated carbocycles. The first kappa shape index (κ1) is 21.3. The Morgan fingerprint density at radius 2 is 1.76 bits per heavy atom. The second kappa shape index (κ2) is 8.40. The number of carbonyl (C=O) groups excluding carboxylic acids is 1. The van der Waals surface area contributed by atoms with Crippen LogP contribution in [0.2, 0.25) is 0 Å². The number of hydrogen-bond donors (Lipinski definition) is 2. The lowest BCUT2D eigenvalue weighted by Crippen LogP contribution is -2.30. The van der Waals surface area contributed by atoms with Crippen molar-refractivity contribution in [3.8, 4) is 17.3 Å². The van der Waals surface area contributed by atoms with Crippen molar-refractivity contribution in [3.05, 3.63) is 88.7 Å². The number of aromatic amines is 1.